The lowest BCUT2D eigenvalue weighted by molar-refractivity contribution is -0.312. The molecule has 2 aliphatic heterocycles. The van der Waals surface area contributed by atoms with Gasteiger partial charge in [-0.25, -0.2) is 9.59 Å². The first-order chi connectivity index (χ1) is 21.8. The number of benzene rings is 2. The van der Waals surface area contributed by atoms with E-state index in [1.54, 1.807) is 19.2 Å². The first-order valence-electron chi connectivity index (χ1n) is 16.9. The van der Waals surface area contributed by atoms with Crippen molar-refractivity contribution in [3.05, 3.63) is 53.1 Å². The molecule has 46 heavy (non-hydrogen) atoms. The highest BCUT2D eigenvalue weighted by atomic mass is 16.6. The van der Waals surface area contributed by atoms with Gasteiger partial charge in [0.25, 0.3) is 0 Å². The fourth-order valence-corrected chi connectivity index (χ4v) is 10.6. The standard InChI is InChI=1S/C37H46N2O7/c1-33(2,3)34(4,43)26-19-35-14-15-37(26,44-5)31-36(35)16-17-39(20-21-6-7-21)27(35)18-23-10-13-25(29(46-31)28(23)36)45-32(42)38-24-11-8-22(9-12-24)30(40)41/h8-13,21,26-27,31,43H,6-7,14-20H2,1-5H3,(H,38,42)(H,40,41)/t26-,27-,31-,34+,35?,36?,37-/m1/s1. The zero-order chi connectivity index (χ0) is 32.4. The molecular formula is C37H46N2O7. The second kappa shape index (κ2) is 9.70. The predicted octanol–water partition coefficient (Wildman–Crippen LogP) is 6.02. The van der Waals surface area contributed by atoms with E-state index in [1.165, 1.54) is 36.1 Å². The van der Waals surface area contributed by atoms with Crippen LogP contribution in [0.3, 0.4) is 0 Å². The number of nitrogens with zero attached hydrogens (tertiary/aromatic N) is 1. The van der Waals surface area contributed by atoms with Gasteiger partial charge in [0.1, 0.15) is 11.7 Å². The molecule has 2 unspecified atom stereocenters. The average Bonchev–Trinajstić information content (AvgIpc) is 3.75. The van der Waals surface area contributed by atoms with E-state index in [2.05, 4.69) is 37.1 Å². The molecule has 5 aliphatic carbocycles. The number of aromatic carboxylic acids is 1. The second-order valence-corrected chi connectivity index (χ2v) is 16.2. The Kier molecular flexibility index (Phi) is 6.37. The van der Waals surface area contributed by atoms with Crippen molar-refractivity contribution in [2.75, 3.05) is 25.5 Å². The highest BCUT2D eigenvalue weighted by Gasteiger charge is 2.82. The smallest absolute Gasteiger partial charge is 0.417 e. The summed E-state index contributed by atoms with van der Waals surface area (Å²) in [5, 5.41) is 24.4. The minimum atomic E-state index is -1.03. The van der Waals surface area contributed by atoms with Gasteiger partial charge >= 0.3 is 12.1 Å². The van der Waals surface area contributed by atoms with E-state index in [1.807, 2.05) is 13.0 Å². The maximum atomic E-state index is 13.2. The first kappa shape index (κ1) is 30.2. The van der Waals surface area contributed by atoms with Crippen LogP contribution >= 0.6 is 0 Å². The third kappa shape index (κ3) is 3.85. The van der Waals surface area contributed by atoms with Crippen LogP contribution in [-0.2, 0) is 16.6 Å². The quantitative estimate of drug-likeness (QED) is 0.340. The zero-order valence-corrected chi connectivity index (χ0v) is 27.5. The van der Waals surface area contributed by atoms with Crippen LogP contribution in [0.15, 0.2) is 36.4 Å². The van der Waals surface area contributed by atoms with Crippen LogP contribution in [0.1, 0.15) is 87.7 Å². The van der Waals surface area contributed by atoms with Gasteiger partial charge in [-0.1, -0.05) is 26.8 Å². The number of nitrogens with one attached hydrogen (secondary N) is 1. The highest BCUT2D eigenvalue weighted by molar-refractivity contribution is 5.90. The third-order valence-corrected chi connectivity index (χ3v) is 13.4. The Morgan fingerprint density at radius 1 is 1.07 bits per heavy atom. The van der Waals surface area contributed by atoms with Gasteiger partial charge in [-0.15, -0.1) is 0 Å². The molecule has 0 aromatic heterocycles. The van der Waals surface area contributed by atoms with Crippen molar-refractivity contribution < 1.29 is 34.0 Å². The molecular weight excluding hydrogens is 584 g/mol. The van der Waals surface area contributed by atoms with Crippen LogP contribution in [0.5, 0.6) is 11.5 Å². The molecule has 2 aromatic rings. The van der Waals surface area contributed by atoms with Gasteiger partial charge in [0.15, 0.2) is 11.5 Å². The Hall–Kier alpha value is -3.14. The van der Waals surface area contributed by atoms with E-state index in [0.717, 1.165) is 51.1 Å². The number of carbonyl (C=O) groups is 2. The van der Waals surface area contributed by atoms with Crippen molar-refractivity contribution in [1.82, 2.24) is 4.90 Å². The van der Waals surface area contributed by atoms with Crippen molar-refractivity contribution in [1.29, 1.82) is 0 Å². The van der Waals surface area contributed by atoms with Crippen molar-refractivity contribution in [3.8, 4) is 11.5 Å². The van der Waals surface area contributed by atoms with Crippen LogP contribution in [0, 0.1) is 22.7 Å². The topological polar surface area (TPSA) is 118 Å². The van der Waals surface area contributed by atoms with Crippen LogP contribution in [0.25, 0.3) is 0 Å². The monoisotopic (exact) mass is 630 g/mol. The largest absolute Gasteiger partial charge is 0.482 e. The summed E-state index contributed by atoms with van der Waals surface area (Å²) < 4.78 is 19.8. The molecule has 9 nitrogen and oxygen atoms in total. The number of rotatable bonds is 7. The maximum absolute atomic E-state index is 13.2. The van der Waals surface area contributed by atoms with Gasteiger partial charge in [0, 0.05) is 47.7 Å². The summed E-state index contributed by atoms with van der Waals surface area (Å²) in [5.41, 5.74) is 0.520. The van der Waals surface area contributed by atoms with Crippen molar-refractivity contribution in [3.63, 3.8) is 0 Å². The van der Waals surface area contributed by atoms with Crippen molar-refractivity contribution in [2.24, 2.45) is 22.7 Å². The van der Waals surface area contributed by atoms with Gasteiger partial charge < -0.3 is 24.4 Å². The number of ether oxygens (including phenoxy) is 3. The molecule has 2 aromatic carbocycles. The summed E-state index contributed by atoms with van der Waals surface area (Å²) in [6.07, 6.45) is 6.20. The van der Waals surface area contributed by atoms with Crippen LogP contribution < -0.4 is 14.8 Å². The Morgan fingerprint density at radius 2 is 1.80 bits per heavy atom. The maximum Gasteiger partial charge on any atom is 0.417 e. The molecule has 5 fully saturated rings. The first-order valence-corrected chi connectivity index (χ1v) is 16.9. The van der Waals surface area contributed by atoms with E-state index >= 15 is 0 Å². The zero-order valence-electron chi connectivity index (χ0n) is 27.5. The van der Waals surface area contributed by atoms with E-state index < -0.39 is 23.3 Å². The molecule has 9 rings (SSSR count). The molecule has 1 saturated heterocycles. The van der Waals surface area contributed by atoms with E-state index in [4.69, 9.17) is 14.2 Å². The highest BCUT2D eigenvalue weighted by Crippen LogP contribution is 2.78. The lowest BCUT2D eigenvalue weighted by Gasteiger charge is -2.75. The SMILES string of the molecule is CO[C@]12CCC3(C[C@@H]1[C@](C)(O)C(C)(C)C)[C@H]1Cc4ccc(OC(=O)Nc5ccc(C(=O)O)cc5)c5c4C3(CCN1CC1CC1)[C@H]2O5. The van der Waals surface area contributed by atoms with Crippen LogP contribution in [-0.4, -0.2) is 70.7 Å². The normalized spacial score (nSPS) is 35.1. The molecule has 9 heteroatoms. The number of methoxy groups -OCH3 is 1. The Labute approximate surface area is 270 Å². The Bertz CT molecular complexity index is 1610. The fourth-order valence-electron chi connectivity index (χ4n) is 10.6. The van der Waals surface area contributed by atoms with Gasteiger partial charge in [-0.05, 0) is 106 Å². The molecule has 4 bridgehead atoms. The van der Waals surface area contributed by atoms with Gasteiger partial charge in [-0.3, -0.25) is 10.2 Å². The third-order valence-electron chi connectivity index (χ3n) is 13.4. The van der Waals surface area contributed by atoms with Gasteiger partial charge in [0.2, 0.25) is 0 Å². The van der Waals surface area contributed by atoms with E-state index in [-0.39, 0.29) is 33.8 Å². The van der Waals surface area contributed by atoms with Crippen molar-refractivity contribution >= 4 is 17.7 Å². The van der Waals surface area contributed by atoms with Gasteiger partial charge in [-0.2, -0.15) is 0 Å². The summed E-state index contributed by atoms with van der Waals surface area (Å²) in [5.74, 6) is 0.623. The second-order valence-electron chi connectivity index (χ2n) is 16.2. The summed E-state index contributed by atoms with van der Waals surface area (Å²) in [7, 11) is 1.79. The summed E-state index contributed by atoms with van der Waals surface area (Å²) in [6.45, 7) is 10.5. The number of carboxylic acids is 1. The summed E-state index contributed by atoms with van der Waals surface area (Å²) in [6, 6.07) is 10.3. The minimum absolute atomic E-state index is 0.101. The number of carboxylic acid groups (broad SMARTS) is 1. The molecule has 1 amide bonds. The average molecular weight is 631 g/mol. The number of amides is 1. The number of aliphatic hydroxyl groups is 1. The molecule has 2 spiro atoms. The molecule has 3 N–H and O–H groups in total. The number of hydrogen-bond donors (Lipinski definition) is 3. The minimum Gasteiger partial charge on any atom is -0.482 e. The number of carbonyl (C=O) groups excluding carboxylic acids is 1. The molecule has 2 heterocycles. The number of piperidine rings is 1. The predicted molar refractivity (Wildman–Crippen MR) is 172 cm³/mol. The number of fused-ring (bicyclic) bond motifs is 2. The fraction of sp³-hybridized carbons (Fsp3) is 0.622. The van der Waals surface area contributed by atoms with Crippen molar-refractivity contribution in [2.45, 2.75) is 101 Å². The lowest BCUT2D eigenvalue weighted by atomic mass is 9.33. The molecule has 0 radical (unpaired) electrons. The molecule has 7 atom stereocenters. The van der Waals surface area contributed by atoms with Gasteiger partial charge in [0.05, 0.1) is 11.2 Å². The lowest BCUT2D eigenvalue weighted by Crippen LogP contribution is -2.83. The van der Waals surface area contributed by atoms with Crippen LogP contribution in [0.4, 0.5) is 10.5 Å². The van der Waals surface area contributed by atoms with Crippen LogP contribution in [0.2, 0.25) is 0 Å². The Balaban J connectivity index is 1.22. The van der Waals surface area contributed by atoms with E-state index in [0.29, 0.717) is 23.2 Å². The number of hydrogen-bond acceptors (Lipinski definition) is 7. The molecule has 4 saturated carbocycles. The Morgan fingerprint density at radius 3 is 2.46 bits per heavy atom. The van der Waals surface area contributed by atoms with E-state index in [9.17, 15) is 19.8 Å². The summed E-state index contributed by atoms with van der Waals surface area (Å²) >= 11 is 0. The summed E-state index contributed by atoms with van der Waals surface area (Å²) in [4.78, 5) is 27.3. The number of anilines is 1. The number of likely N-dealkylation sites (tertiary alicyclic amines) is 1. The molecule has 246 valence electrons. The molecule has 7 aliphatic rings.